The summed E-state index contributed by atoms with van der Waals surface area (Å²) in [7, 11) is 1.72. The van der Waals surface area contributed by atoms with Gasteiger partial charge in [0.25, 0.3) is 0 Å². The Morgan fingerprint density at radius 2 is 2.00 bits per heavy atom. The second kappa shape index (κ2) is 6.73. The van der Waals surface area contributed by atoms with Gasteiger partial charge in [-0.3, -0.25) is 5.84 Å². The second-order valence-corrected chi connectivity index (χ2v) is 5.42. The van der Waals surface area contributed by atoms with Gasteiger partial charge in [-0.25, -0.2) is 5.43 Å². The number of nitrogens with two attached hydrogens (primary N) is 1. The fourth-order valence-electron chi connectivity index (χ4n) is 1.89. The SMILES string of the molecule is COc1ccc(CCNCNN)cc1C(C)(C)C. The van der Waals surface area contributed by atoms with Crippen molar-refractivity contribution >= 4 is 0 Å². The van der Waals surface area contributed by atoms with Crippen LogP contribution in [0.3, 0.4) is 0 Å². The number of nitrogens with one attached hydrogen (secondary N) is 2. The van der Waals surface area contributed by atoms with Crippen LogP contribution in [-0.4, -0.2) is 20.3 Å². The van der Waals surface area contributed by atoms with Gasteiger partial charge in [-0.2, -0.15) is 0 Å². The molecule has 4 N–H and O–H groups in total. The first-order valence-corrected chi connectivity index (χ1v) is 6.30. The number of ether oxygens (including phenoxy) is 1. The van der Waals surface area contributed by atoms with Crippen molar-refractivity contribution in [2.45, 2.75) is 32.6 Å². The van der Waals surface area contributed by atoms with E-state index in [4.69, 9.17) is 10.6 Å². The molecular formula is C14H25N3O. The average Bonchev–Trinajstić information content (AvgIpc) is 2.33. The van der Waals surface area contributed by atoms with Crippen LogP contribution in [0.1, 0.15) is 31.9 Å². The summed E-state index contributed by atoms with van der Waals surface area (Å²) < 4.78 is 5.43. The minimum Gasteiger partial charge on any atom is -0.496 e. The van der Waals surface area contributed by atoms with Gasteiger partial charge >= 0.3 is 0 Å². The number of rotatable bonds is 6. The standard InChI is InChI=1S/C14H25N3O/c1-14(2,3)12-9-11(5-6-13(12)18-4)7-8-16-10-17-15/h5-6,9,16-17H,7-8,10,15H2,1-4H3. The highest BCUT2D eigenvalue weighted by atomic mass is 16.5. The lowest BCUT2D eigenvalue weighted by Gasteiger charge is -2.23. The fraction of sp³-hybridized carbons (Fsp3) is 0.571. The smallest absolute Gasteiger partial charge is 0.122 e. The summed E-state index contributed by atoms with van der Waals surface area (Å²) in [5.74, 6) is 6.16. The topological polar surface area (TPSA) is 59.3 Å². The van der Waals surface area contributed by atoms with Gasteiger partial charge in [-0.05, 0) is 29.0 Å². The first kappa shape index (κ1) is 15.0. The zero-order valence-electron chi connectivity index (χ0n) is 11.8. The third kappa shape index (κ3) is 4.29. The molecule has 0 fully saturated rings. The molecule has 0 saturated heterocycles. The van der Waals surface area contributed by atoms with E-state index in [1.165, 1.54) is 11.1 Å². The summed E-state index contributed by atoms with van der Waals surface area (Å²) in [5, 5.41) is 3.20. The number of methoxy groups -OCH3 is 1. The fourth-order valence-corrected chi connectivity index (χ4v) is 1.89. The summed E-state index contributed by atoms with van der Waals surface area (Å²) in [5.41, 5.74) is 5.23. The monoisotopic (exact) mass is 251 g/mol. The number of hydrogen-bond acceptors (Lipinski definition) is 4. The highest BCUT2D eigenvalue weighted by Gasteiger charge is 2.18. The van der Waals surface area contributed by atoms with E-state index in [1.54, 1.807) is 7.11 Å². The number of hydrazine groups is 1. The largest absolute Gasteiger partial charge is 0.496 e. The van der Waals surface area contributed by atoms with Crippen LogP contribution in [0.2, 0.25) is 0 Å². The van der Waals surface area contributed by atoms with Crippen LogP contribution >= 0.6 is 0 Å². The molecule has 4 heteroatoms. The Kier molecular flexibility index (Phi) is 5.59. The zero-order chi connectivity index (χ0) is 13.6. The Hall–Kier alpha value is -1.10. The highest BCUT2D eigenvalue weighted by molar-refractivity contribution is 5.41. The van der Waals surface area contributed by atoms with E-state index < -0.39 is 0 Å². The molecule has 0 radical (unpaired) electrons. The Labute approximate surface area is 110 Å². The zero-order valence-corrected chi connectivity index (χ0v) is 11.8. The van der Waals surface area contributed by atoms with Crippen molar-refractivity contribution in [3.63, 3.8) is 0 Å². The van der Waals surface area contributed by atoms with Crippen molar-refractivity contribution in [2.24, 2.45) is 5.84 Å². The normalized spacial score (nSPS) is 11.6. The molecule has 102 valence electrons. The van der Waals surface area contributed by atoms with Crippen LogP contribution in [0, 0.1) is 0 Å². The van der Waals surface area contributed by atoms with Crippen molar-refractivity contribution in [3.05, 3.63) is 29.3 Å². The predicted molar refractivity (Wildman–Crippen MR) is 75.6 cm³/mol. The molecule has 0 heterocycles. The number of benzene rings is 1. The molecule has 0 amide bonds. The van der Waals surface area contributed by atoms with Crippen LogP contribution in [-0.2, 0) is 11.8 Å². The summed E-state index contributed by atoms with van der Waals surface area (Å²) in [6.07, 6.45) is 0.981. The summed E-state index contributed by atoms with van der Waals surface area (Å²) >= 11 is 0. The molecule has 1 aromatic rings. The van der Waals surface area contributed by atoms with Gasteiger partial charge < -0.3 is 10.1 Å². The Balaban J connectivity index is 2.77. The molecule has 0 aliphatic heterocycles. The maximum absolute atomic E-state index is 5.43. The van der Waals surface area contributed by atoms with Crippen LogP contribution in [0.5, 0.6) is 5.75 Å². The van der Waals surface area contributed by atoms with E-state index in [0.717, 1.165) is 18.7 Å². The molecule has 0 aliphatic carbocycles. The lowest BCUT2D eigenvalue weighted by Crippen LogP contribution is -2.34. The molecule has 0 spiro atoms. The lowest BCUT2D eigenvalue weighted by atomic mass is 9.85. The molecule has 1 aromatic carbocycles. The van der Waals surface area contributed by atoms with E-state index >= 15 is 0 Å². The molecule has 0 aliphatic rings. The van der Waals surface area contributed by atoms with Gasteiger partial charge in [0, 0.05) is 6.54 Å². The van der Waals surface area contributed by atoms with Gasteiger partial charge in [0.2, 0.25) is 0 Å². The first-order chi connectivity index (χ1) is 8.49. The summed E-state index contributed by atoms with van der Waals surface area (Å²) in [6.45, 7) is 8.13. The van der Waals surface area contributed by atoms with E-state index in [0.29, 0.717) is 6.67 Å². The van der Waals surface area contributed by atoms with Crippen molar-refractivity contribution in [1.29, 1.82) is 0 Å². The van der Waals surface area contributed by atoms with Crippen LogP contribution in [0.4, 0.5) is 0 Å². The van der Waals surface area contributed by atoms with Gasteiger partial charge in [0.05, 0.1) is 13.8 Å². The van der Waals surface area contributed by atoms with Gasteiger partial charge in [-0.15, -0.1) is 0 Å². The predicted octanol–water partition coefficient (Wildman–Crippen LogP) is 1.55. The van der Waals surface area contributed by atoms with Crippen LogP contribution in [0.25, 0.3) is 0 Å². The van der Waals surface area contributed by atoms with E-state index in [1.807, 2.05) is 0 Å². The highest BCUT2D eigenvalue weighted by Crippen LogP contribution is 2.31. The van der Waals surface area contributed by atoms with Crippen LogP contribution < -0.4 is 21.3 Å². The Morgan fingerprint density at radius 1 is 1.28 bits per heavy atom. The van der Waals surface area contributed by atoms with Gasteiger partial charge in [-0.1, -0.05) is 32.9 Å². The quantitative estimate of drug-likeness (QED) is 0.311. The summed E-state index contributed by atoms with van der Waals surface area (Å²) in [4.78, 5) is 0. The Morgan fingerprint density at radius 3 is 2.56 bits per heavy atom. The molecule has 1 rings (SSSR count). The van der Waals surface area contributed by atoms with Gasteiger partial charge in [0.1, 0.15) is 5.75 Å². The summed E-state index contributed by atoms with van der Waals surface area (Å²) in [6, 6.07) is 6.40. The maximum Gasteiger partial charge on any atom is 0.122 e. The van der Waals surface area contributed by atoms with Gasteiger partial charge in [0.15, 0.2) is 0 Å². The maximum atomic E-state index is 5.43. The molecular weight excluding hydrogens is 226 g/mol. The molecule has 4 nitrogen and oxygen atoms in total. The third-order valence-electron chi connectivity index (χ3n) is 2.89. The van der Waals surface area contributed by atoms with Crippen LogP contribution in [0.15, 0.2) is 18.2 Å². The number of hydrogen-bond donors (Lipinski definition) is 3. The molecule has 0 atom stereocenters. The first-order valence-electron chi connectivity index (χ1n) is 6.30. The van der Waals surface area contributed by atoms with Crippen molar-refractivity contribution in [1.82, 2.24) is 10.7 Å². The van der Waals surface area contributed by atoms with E-state index in [-0.39, 0.29) is 5.41 Å². The Bertz CT molecular complexity index is 372. The average molecular weight is 251 g/mol. The molecule has 18 heavy (non-hydrogen) atoms. The molecule has 0 unspecified atom stereocenters. The van der Waals surface area contributed by atoms with E-state index in [2.05, 4.69) is 49.7 Å². The minimum absolute atomic E-state index is 0.0909. The molecule has 0 bridgehead atoms. The van der Waals surface area contributed by atoms with Crippen molar-refractivity contribution < 1.29 is 4.74 Å². The molecule has 0 saturated carbocycles. The van der Waals surface area contributed by atoms with Crippen molar-refractivity contribution in [2.75, 3.05) is 20.3 Å². The lowest BCUT2D eigenvalue weighted by molar-refractivity contribution is 0.397. The minimum atomic E-state index is 0.0909. The molecule has 0 aromatic heterocycles. The van der Waals surface area contributed by atoms with Crippen molar-refractivity contribution in [3.8, 4) is 5.75 Å². The second-order valence-electron chi connectivity index (χ2n) is 5.42. The third-order valence-corrected chi connectivity index (χ3v) is 2.89. The van der Waals surface area contributed by atoms with E-state index in [9.17, 15) is 0 Å².